The lowest BCUT2D eigenvalue weighted by Gasteiger charge is -2.03. The smallest absolute Gasteiger partial charge is 0.177 e. The molecule has 3 aromatic rings. The number of hydrogen-bond donors (Lipinski definition) is 1. The highest BCUT2D eigenvalue weighted by atomic mass is 16.5. The van der Waals surface area contributed by atoms with E-state index in [4.69, 9.17) is 4.74 Å². The van der Waals surface area contributed by atoms with E-state index in [0.717, 1.165) is 11.3 Å². The Hall–Kier alpha value is -2.36. The minimum atomic E-state index is 0.695. The van der Waals surface area contributed by atoms with Gasteiger partial charge in [0.2, 0.25) is 0 Å². The lowest BCUT2D eigenvalue weighted by molar-refractivity contribution is 0.481. The number of H-pyrrole nitrogens is 1. The molecule has 0 fully saturated rings. The monoisotopic (exact) mass is 211 g/mol. The summed E-state index contributed by atoms with van der Waals surface area (Å²) in [6.07, 6.45) is 3.28. The first-order valence-electron chi connectivity index (χ1n) is 4.94. The number of benzene rings is 1. The van der Waals surface area contributed by atoms with Gasteiger partial charge >= 0.3 is 0 Å². The fourth-order valence-electron chi connectivity index (χ4n) is 1.49. The molecule has 0 aliphatic heterocycles. The van der Waals surface area contributed by atoms with E-state index in [0.29, 0.717) is 11.4 Å². The van der Waals surface area contributed by atoms with Crippen LogP contribution in [0.25, 0.3) is 11.2 Å². The number of imidazole rings is 1. The zero-order valence-electron chi connectivity index (χ0n) is 8.42. The standard InChI is InChI=1S/C12H9N3O/c1-2-4-9(5-3-1)16-10-6-11-12(13-7-10)15-8-14-11/h1-8H,(H,13,14,15). The Morgan fingerprint density at radius 2 is 1.88 bits per heavy atom. The number of pyridine rings is 1. The third kappa shape index (κ3) is 1.61. The molecule has 0 saturated heterocycles. The molecule has 0 unspecified atom stereocenters. The Morgan fingerprint density at radius 3 is 2.75 bits per heavy atom. The van der Waals surface area contributed by atoms with Gasteiger partial charge in [-0.2, -0.15) is 0 Å². The molecule has 0 saturated carbocycles. The van der Waals surface area contributed by atoms with Crippen LogP contribution in [0.3, 0.4) is 0 Å². The van der Waals surface area contributed by atoms with Gasteiger partial charge in [-0.25, -0.2) is 9.97 Å². The third-order valence-electron chi connectivity index (χ3n) is 2.23. The van der Waals surface area contributed by atoms with E-state index in [9.17, 15) is 0 Å². The largest absolute Gasteiger partial charge is 0.456 e. The topological polar surface area (TPSA) is 50.8 Å². The molecule has 4 heteroatoms. The summed E-state index contributed by atoms with van der Waals surface area (Å²) in [6, 6.07) is 11.5. The van der Waals surface area contributed by atoms with Crippen molar-refractivity contribution < 1.29 is 4.74 Å². The molecule has 0 bridgehead atoms. The second-order valence-electron chi connectivity index (χ2n) is 3.36. The normalized spacial score (nSPS) is 10.5. The molecule has 0 radical (unpaired) electrons. The Balaban J connectivity index is 1.94. The molecule has 3 rings (SSSR count). The maximum Gasteiger partial charge on any atom is 0.177 e. The van der Waals surface area contributed by atoms with Crippen LogP contribution < -0.4 is 4.74 Å². The molecule has 0 atom stereocenters. The summed E-state index contributed by atoms with van der Waals surface area (Å²) in [6.45, 7) is 0. The zero-order chi connectivity index (χ0) is 10.8. The molecule has 78 valence electrons. The number of aromatic amines is 1. The van der Waals surface area contributed by atoms with E-state index in [1.165, 1.54) is 0 Å². The summed E-state index contributed by atoms with van der Waals surface area (Å²) in [5.41, 5.74) is 1.56. The zero-order valence-corrected chi connectivity index (χ0v) is 8.42. The molecule has 1 aromatic carbocycles. The summed E-state index contributed by atoms with van der Waals surface area (Å²) in [5.74, 6) is 1.49. The van der Waals surface area contributed by atoms with Crippen LogP contribution >= 0.6 is 0 Å². The number of aromatic nitrogens is 3. The molecular weight excluding hydrogens is 202 g/mol. The summed E-state index contributed by atoms with van der Waals surface area (Å²) < 4.78 is 5.65. The van der Waals surface area contributed by atoms with Gasteiger partial charge in [0.05, 0.1) is 18.0 Å². The van der Waals surface area contributed by atoms with E-state index in [-0.39, 0.29) is 0 Å². The number of rotatable bonds is 2. The average Bonchev–Trinajstić information content (AvgIpc) is 2.77. The predicted octanol–water partition coefficient (Wildman–Crippen LogP) is 2.75. The Kier molecular flexibility index (Phi) is 2.04. The maximum atomic E-state index is 5.65. The van der Waals surface area contributed by atoms with Crippen molar-refractivity contribution in [3.8, 4) is 11.5 Å². The van der Waals surface area contributed by atoms with Gasteiger partial charge in [-0.1, -0.05) is 18.2 Å². The summed E-state index contributed by atoms with van der Waals surface area (Å²) in [4.78, 5) is 11.2. The number of nitrogens with zero attached hydrogens (tertiary/aromatic N) is 2. The number of hydrogen-bond acceptors (Lipinski definition) is 3. The van der Waals surface area contributed by atoms with Crippen LogP contribution in [-0.4, -0.2) is 15.0 Å². The van der Waals surface area contributed by atoms with E-state index in [2.05, 4.69) is 15.0 Å². The molecule has 2 heterocycles. The lowest BCUT2D eigenvalue weighted by Crippen LogP contribution is -1.85. The second-order valence-corrected chi connectivity index (χ2v) is 3.36. The molecular formula is C12H9N3O. The SMILES string of the molecule is c1ccc(Oc2cnc3nc[nH]c3c2)cc1. The summed E-state index contributed by atoms with van der Waals surface area (Å²) in [7, 11) is 0. The lowest BCUT2D eigenvalue weighted by atomic mass is 10.3. The Bertz CT molecular complexity index is 604. The first kappa shape index (κ1) is 8.91. The minimum absolute atomic E-state index is 0.695. The molecule has 4 nitrogen and oxygen atoms in total. The summed E-state index contributed by atoms with van der Waals surface area (Å²) in [5, 5.41) is 0. The Labute approximate surface area is 91.9 Å². The van der Waals surface area contributed by atoms with Gasteiger partial charge in [0.15, 0.2) is 5.65 Å². The molecule has 2 aromatic heterocycles. The first-order valence-corrected chi connectivity index (χ1v) is 4.94. The van der Waals surface area contributed by atoms with Crippen LogP contribution in [0.15, 0.2) is 48.9 Å². The number of ether oxygens (including phenoxy) is 1. The highest BCUT2D eigenvalue weighted by molar-refractivity contribution is 5.71. The molecule has 16 heavy (non-hydrogen) atoms. The molecule has 0 aliphatic rings. The second kappa shape index (κ2) is 3.66. The van der Waals surface area contributed by atoms with E-state index < -0.39 is 0 Å². The Morgan fingerprint density at radius 1 is 1.00 bits per heavy atom. The van der Waals surface area contributed by atoms with Crippen molar-refractivity contribution in [1.29, 1.82) is 0 Å². The van der Waals surface area contributed by atoms with Crippen LogP contribution in [0.5, 0.6) is 11.5 Å². The molecule has 1 N–H and O–H groups in total. The predicted molar refractivity (Wildman–Crippen MR) is 60.4 cm³/mol. The first-order chi connectivity index (χ1) is 7.92. The number of fused-ring (bicyclic) bond motifs is 1. The van der Waals surface area contributed by atoms with Crippen LogP contribution in [0.1, 0.15) is 0 Å². The van der Waals surface area contributed by atoms with Gasteiger partial charge in [0.1, 0.15) is 11.5 Å². The average molecular weight is 211 g/mol. The van der Waals surface area contributed by atoms with Crippen LogP contribution in [0.4, 0.5) is 0 Å². The van der Waals surface area contributed by atoms with Crippen molar-refractivity contribution >= 4 is 11.2 Å². The highest BCUT2D eigenvalue weighted by Gasteiger charge is 2.01. The van der Waals surface area contributed by atoms with Gasteiger partial charge in [-0.3, -0.25) is 0 Å². The van der Waals surface area contributed by atoms with Crippen molar-refractivity contribution in [2.24, 2.45) is 0 Å². The summed E-state index contributed by atoms with van der Waals surface area (Å²) >= 11 is 0. The molecule has 0 spiro atoms. The van der Waals surface area contributed by atoms with Crippen molar-refractivity contribution in [1.82, 2.24) is 15.0 Å². The fourth-order valence-corrected chi connectivity index (χ4v) is 1.49. The maximum absolute atomic E-state index is 5.65. The number of para-hydroxylation sites is 1. The van der Waals surface area contributed by atoms with Crippen molar-refractivity contribution in [2.45, 2.75) is 0 Å². The van der Waals surface area contributed by atoms with Crippen molar-refractivity contribution in [2.75, 3.05) is 0 Å². The van der Waals surface area contributed by atoms with Gasteiger partial charge in [0, 0.05) is 6.07 Å². The van der Waals surface area contributed by atoms with Gasteiger partial charge < -0.3 is 9.72 Å². The van der Waals surface area contributed by atoms with E-state index in [1.54, 1.807) is 12.5 Å². The third-order valence-corrected chi connectivity index (χ3v) is 2.23. The van der Waals surface area contributed by atoms with Crippen molar-refractivity contribution in [3.05, 3.63) is 48.9 Å². The molecule has 0 aliphatic carbocycles. The van der Waals surface area contributed by atoms with Crippen LogP contribution in [0.2, 0.25) is 0 Å². The van der Waals surface area contributed by atoms with E-state index in [1.807, 2.05) is 36.4 Å². The highest BCUT2D eigenvalue weighted by Crippen LogP contribution is 2.22. The van der Waals surface area contributed by atoms with Gasteiger partial charge in [-0.05, 0) is 12.1 Å². The van der Waals surface area contributed by atoms with Gasteiger partial charge in [0.25, 0.3) is 0 Å². The van der Waals surface area contributed by atoms with Crippen LogP contribution in [0, 0.1) is 0 Å². The van der Waals surface area contributed by atoms with Gasteiger partial charge in [-0.15, -0.1) is 0 Å². The quantitative estimate of drug-likeness (QED) is 0.709. The van der Waals surface area contributed by atoms with Crippen molar-refractivity contribution in [3.63, 3.8) is 0 Å². The number of nitrogens with one attached hydrogen (secondary N) is 1. The fraction of sp³-hybridized carbons (Fsp3) is 0. The van der Waals surface area contributed by atoms with E-state index >= 15 is 0 Å². The molecule has 0 amide bonds. The van der Waals surface area contributed by atoms with Crippen LogP contribution in [-0.2, 0) is 0 Å². The minimum Gasteiger partial charge on any atom is -0.456 e.